The van der Waals surface area contributed by atoms with Crippen molar-refractivity contribution in [3.8, 4) is 0 Å². The van der Waals surface area contributed by atoms with Crippen LogP contribution in [0.4, 0.5) is 8.78 Å². The summed E-state index contributed by atoms with van der Waals surface area (Å²) < 4.78 is 33.9. The zero-order valence-corrected chi connectivity index (χ0v) is 25.7. The fourth-order valence-corrected chi connectivity index (χ4v) is 7.75. The molecule has 1 atom stereocenters. The number of aromatic nitrogens is 2. The van der Waals surface area contributed by atoms with Crippen molar-refractivity contribution in [1.29, 1.82) is 0 Å². The summed E-state index contributed by atoms with van der Waals surface area (Å²) in [5.41, 5.74) is 7.88. The lowest BCUT2D eigenvalue weighted by molar-refractivity contribution is 0.620. The summed E-state index contributed by atoms with van der Waals surface area (Å²) in [5.74, 6) is 0.217. The number of benzene rings is 6. The van der Waals surface area contributed by atoms with E-state index in [1.54, 1.807) is 24.3 Å². The Labute approximate surface area is 274 Å². The standard InChI is InChI=1S/C43H27F2N3/c44-30-11-7-9-26(21-30)29-23-37(27-10-8-12-31(45)22-27)46-41(25-29)48-39-18-6-4-16-35(39)36-20-19-28-24-40-34-15-2-1-13-32(34)33-14-3-5-17-38(33)47(40)42(28)43(36)48/h1-25,37,46H. The quantitative estimate of drug-likeness (QED) is 0.194. The molecule has 6 aromatic carbocycles. The van der Waals surface area contributed by atoms with Crippen molar-refractivity contribution in [2.45, 2.75) is 6.04 Å². The number of pyridine rings is 1. The fourth-order valence-electron chi connectivity index (χ4n) is 7.75. The second kappa shape index (κ2) is 10.1. The first-order valence-corrected chi connectivity index (χ1v) is 16.1. The lowest BCUT2D eigenvalue weighted by atomic mass is 9.96. The van der Waals surface area contributed by atoms with E-state index >= 15 is 0 Å². The number of hydrogen-bond acceptors (Lipinski definition) is 1. The minimum Gasteiger partial charge on any atom is -0.361 e. The summed E-state index contributed by atoms with van der Waals surface area (Å²) in [5, 5.41) is 10.7. The van der Waals surface area contributed by atoms with Crippen LogP contribution in [0.25, 0.3) is 71.3 Å². The van der Waals surface area contributed by atoms with Crippen LogP contribution < -0.4 is 5.32 Å². The highest BCUT2D eigenvalue weighted by molar-refractivity contribution is 6.23. The minimum absolute atomic E-state index is 0.302. The topological polar surface area (TPSA) is 21.4 Å². The van der Waals surface area contributed by atoms with Crippen LogP contribution in [0.3, 0.4) is 0 Å². The van der Waals surface area contributed by atoms with E-state index in [9.17, 15) is 8.78 Å². The molecule has 3 aromatic heterocycles. The van der Waals surface area contributed by atoms with E-state index in [-0.39, 0.29) is 17.7 Å². The molecule has 4 heterocycles. The van der Waals surface area contributed by atoms with Gasteiger partial charge in [0, 0.05) is 26.9 Å². The maximum absolute atomic E-state index is 14.6. The SMILES string of the molecule is Fc1cccc(C2=CC(c3cccc(F)c3)NC(n3c4ccccc4c4ccc5cc6c7ccccc7c7ccccc7n6c5c43)=C2)c1. The van der Waals surface area contributed by atoms with Crippen LogP contribution in [0, 0.1) is 11.6 Å². The van der Waals surface area contributed by atoms with Crippen LogP contribution in [0.1, 0.15) is 17.2 Å². The van der Waals surface area contributed by atoms with E-state index in [4.69, 9.17) is 0 Å². The smallest absolute Gasteiger partial charge is 0.123 e. The first kappa shape index (κ1) is 27.0. The Balaban J connectivity index is 1.35. The predicted molar refractivity (Wildman–Crippen MR) is 194 cm³/mol. The molecule has 3 nitrogen and oxygen atoms in total. The third-order valence-electron chi connectivity index (χ3n) is 9.78. The molecule has 0 fully saturated rings. The molecule has 0 saturated carbocycles. The highest BCUT2D eigenvalue weighted by Gasteiger charge is 2.25. The molecule has 10 rings (SSSR count). The van der Waals surface area contributed by atoms with Gasteiger partial charge in [-0.15, -0.1) is 0 Å². The van der Waals surface area contributed by atoms with Gasteiger partial charge in [-0.1, -0.05) is 97.1 Å². The van der Waals surface area contributed by atoms with Crippen molar-refractivity contribution in [3.05, 3.63) is 174 Å². The summed E-state index contributed by atoms with van der Waals surface area (Å²) >= 11 is 0. The van der Waals surface area contributed by atoms with Crippen LogP contribution in [-0.4, -0.2) is 8.97 Å². The van der Waals surface area contributed by atoms with E-state index in [0.717, 1.165) is 66.3 Å². The average molecular weight is 624 g/mol. The lowest BCUT2D eigenvalue weighted by Crippen LogP contribution is -2.25. The highest BCUT2D eigenvalue weighted by atomic mass is 19.1. The van der Waals surface area contributed by atoms with Gasteiger partial charge >= 0.3 is 0 Å². The molecule has 48 heavy (non-hydrogen) atoms. The molecule has 0 amide bonds. The lowest BCUT2D eigenvalue weighted by Gasteiger charge is -2.27. The van der Waals surface area contributed by atoms with Gasteiger partial charge < -0.3 is 9.72 Å². The molecule has 0 bridgehead atoms. The summed E-state index contributed by atoms with van der Waals surface area (Å²) in [6.07, 6.45) is 4.13. The van der Waals surface area contributed by atoms with Gasteiger partial charge in [0.1, 0.15) is 17.5 Å². The Morgan fingerprint density at radius 1 is 0.521 bits per heavy atom. The monoisotopic (exact) mass is 623 g/mol. The number of rotatable bonds is 3. The van der Waals surface area contributed by atoms with E-state index in [1.165, 1.54) is 28.3 Å². The second-order valence-corrected chi connectivity index (χ2v) is 12.5. The number of nitrogens with one attached hydrogen (secondary N) is 1. The van der Waals surface area contributed by atoms with Gasteiger partial charge in [-0.25, -0.2) is 8.78 Å². The highest BCUT2D eigenvalue weighted by Crippen LogP contribution is 2.42. The van der Waals surface area contributed by atoms with E-state index < -0.39 is 0 Å². The molecule has 1 unspecified atom stereocenters. The Morgan fingerprint density at radius 3 is 1.96 bits per heavy atom. The van der Waals surface area contributed by atoms with E-state index in [1.807, 2.05) is 18.2 Å². The van der Waals surface area contributed by atoms with Crippen molar-refractivity contribution < 1.29 is 8.78 Å². The summed E-state index contributed by atoms with van der Waals surface area (Å²) in [6, 6.07) is 45.3. The minimum atomic E-state index is -0.358. The number of dihydropyridines is 1. The molecule has 0 aliphatic carbocycles. The fraction of sp³-hybridized carbons (Fsp3) is 0.0233. The third kappa shape index (κ3) is 3.91. The van der Waals surface area contributed by atoms with Crippen LogP contribution in [0.2, 0.25) is 0 Å². The van der Waals surface area contributed by atoms with E-state index in [2.05, 4.69) is 111 Å². The van der Waals surface area contributed by atoms with Crippen LogP contribution in [-0.2, 0) is 0 Å². The maximum Gasteiger partial charge on any atom is 0.123 e. The van der Waals surface area contributed by atoms with E-state index in [0.29, 0.717) is 0 Å². The van der Waals surface area contributed by atoms with Gasteiger partial charge in [0.15, 0.2) is 0 Å². The van der Waals surface area contributed by atoms with Gasteiger partial charge in [-0.2, -0.15) is 0 Å². The Kier molecular flexibility index (Phi) is 5.70. The number of allylic oxidation sites excluding steroid dienone is 2. The predicted octanol–water partition coefficient (Wildman–Crippen LogP) is 11.0. The first-order valence-electron chi connectivity index (χ1n) is 16.1. The van der Waals surface area contributed by atoms with Gasteiger partial charge in [0.25, 0.3) is 0 Å². The summed E-state index contributed by atoms with van der Waals surface area (Å²) in [7, 11) is 0. The van der Waals surface area contributed by atoms with Crippen LogP contribution in [0.5, 0.6) is 0 Å². The zero-order valence-electron chi connectivity index (χ0n) is 25.7. The van der Waals surface area contributed by atoms with Gasteiger partial charge in [-0.3, -0.25) is 4.57 Å². The molecule has 0 saturated heterocycles. The average Bonchev–Trinajstić information content (AvgIpc) is 3.68. The number of nitrogens with zero attached hydrogens (tertiary/aromatic N) is 2. The molecule has 0 radical (unpaired) electrons. The Bertz CT molecular complexity index is 2850. The Hall–Kier alpha value is -6.20. The number of fused-ring (bicyclic) bond motifs is 12. The maximum atomic E-state index is 14.6. The first-order chi connectivity index (χ1) is 23.6. The van der Waals surface area contributed by atoms with Crippen LogP contribution >= 0.6 is 0 Å². The number of hydrogen-bond donors (Lipinski definition) is 1. The van der Waals surface area contributed by atoms with Crippen molar-refractivity contribution in [2.75, 3.05) is 0 Å². The number of halogens is 2. The zero-order chi connectivity index (χ0) is 31.9. The molecular formula is C43H27F2N3. The number of para-hydroxylation sites is 2. The molecular weight excluding hydrogens is 596 g/mol. The molecule has 1 aliphatic heterocycles. The normalized spacial score (nSPS) is 15.1. The van der Waals surface area contributed by atoms with Crippen molar-refractivity contribution in [3.63, 3.8) is 0 Å². The molecule has 228 valence electrons. The third-order valence-corrected chi connectivity index (χ3v) is 9.78. The van der Waals surface area contributed by atoms with Crippen molar-refractivity contribution >= 4 is 71.3 Å². The molecule has 1 aliphatic rings. The van der Waals surface area contributed by atoms with Crippen molar-refractivity contribution in [2.24, 2.45) is 0 Å². The second-order valence-electron chi connectivity index (χ2n) is 12.5. The largest absolute Gasteiger partial charge is 0.361 e. The molecule has 9 aromatic rings. The summed E-state index contributed by atoms with van der Waals surface area (Å²) in [4.78, 5) is 0. The van der Waals surface area contributed by atoms with Gasteiger partial charge in [0.2, 0.25) is 0 Å². The molecule has 5 heteroatoms. The van der Waals surface area contributed by atoms with Gasteiger partial charge in [-0.05, 0) is 76.7 Å². The summed E-state index contributed by atoms with van der Waals surface area (Å²) in [6.45, 7) is 0. The van der Waals surface area contributed by atoms with Crippen LogP contribution in [0.15, 0.2) is 152 Å². The molecule has 1 N–H and O–H groups in total. The van der Waals surface area contributed by atoms with Gasteiger partial charge in [0.05, 0.1) is 33.6 Å². The van der Waals surface area contributed by atoms with Crippen molar-refractivity contribution in [1.82, 2.24) is 14.3 Å². The molecule has 0 spiro atoms. The Morgan fingerprint density at radius 2 is 1.19 bits per heavy atom.